The molecule has 0 N–H and O–H groups in total. The zero-order chi connectivity index (χ0) is 10.6. The van der Waals surface area contributed by atoms with Gasteiger partial charge in [-0.1, -0.05) is 0 Å². The highest BCUT2D eigenvalue weighted by atomic mass is 35.5. The van der Waals surface area contributed by atoms with Gasteiger partial charge in [0, 0.05) is 17.2 Å². The minimum Gasteiger partial charge on any atom is -0.496 e. The normalized spacial score (nSPS) is 9.64. The average molecular weight is 219 g/mol. The zero-order valence-electron chi connectivity index (χ0n) is 7.42. The molecule has 14 heavy (non-hydrogen) atoms. The Kier molecular flexibility index (Phi) is 3.71. The third-order valence-electron chi connectivity index (χ3n) is 1.58. The van der Waals surface area contributed by atoms with Crippen LogP contribution in [0.4, 0.5) is 9.18 Å². The van der Waals surface area contributed by atoms with E-state index in [1.165, 1.54) is 25.3 Å². The lowest BCUT2D eigenvalue weighted by Crippen LogP contribution is -1.98. The summed E-state index contributed by atoms with van der Waals surface area (Å²) in [6, 6.07) is 3.93. The Morgan fingerprint density at radius 2 is 2.29 bits per heavy atom. The van der Waals surface area contributed by atoms with Crippen LogP contribution >= 0.6 is 11.6 Å². The molecule has 0 atom stereocenters. The summed E-state index contributed by atoms with van der Waals surface area (Å²) in [7, 11) is 1.44. The van der Waals surface area contributed by atoms with Gasteiger partial charge < -0.3 is 9.47 Å². The number of benzene rings is 1. The molecule has 0 saturated heterocycles. The number of rotatable bonds is 3. The van der Waals surface area contributed by atoms with Crippen LogP contribution in [0, 0.1) is 5.82 Å². The first kappa shape index (κ1) is 10.8. The Morgan fingerprint density at radius 3 is 2.86 bits per heavy atom. The van der Waals surface area contributed by atoms with Crippen molar-refractivity contribution < 1.29 is 18.7 Å². The maximum atomic E-state index is 12.8. The van der Waals surface area contributed by atoms with Gasteiger partial charge in [-0.25, -0.2) is 9.18 Å². The van der Waals surface area contributed by atoms with Gasteiger partial charge in [-0.3, -0.25) is 0 Å². The van der Waals surface area contributed by atoms with Crippen LogP contribution in [0.25, 0.3) is 0 Å². The molecule has 0 spiro atoms. The molecule has 0 unspecified atom stereocenters. The van der Waals surface area contributed by atoms with Crippen LogP contribution < -0.4 is 4.74 Å². The molecule has 0 aromatic heterocycles. The fraction of sp³-hybridized carbons (Fsp3) is 0.222. The van der Waals surface area contributed by atoms with E-state index in [9.17, 15) is 9.18 Å². The van der Waals surface area contributed by atoms with Crippen LogP contribution in [0.3, 0.4) is 0 Å². The second-order valence-electron chi connectivity index (χ2n) is 2.48. The van der Waals surface area contributed by atoms with Gasteiger partial charge >= 0.3 is 5.43 Å². The standard InChI is InChI=1S/C9H8ClFO3/c1-13-8-3-2-7(11)4-6(8)5-14-9(10)12/h2-4H,5H2,1H3. The number of ether oxygens (including phenoxy) is 2. The van der Waals surface area contributed by atoms with E-state index in [4.69, 9.17) is 16.3 Å². The summed E-state index contributed by atoms with van der Waals surface area (Å²) in [6.07, 6.45) is 0. The fourth-order valence-corrected chi connectivity index (χ4v) is 1.05. The summed E-state index contributed by atoms with van der Waals surface area (Å²) in [4.78, 5) is 10.3. The average Bonchev–Trinajstić information content (AvgIpc) is 2.15. The monoisotopic (exact) mass is 218 g/mol. The third kappa shape index (κ3) is 2.88. The fourth-order valence-electron chi connectivity index (χ4n) is 0.994. The quantitative estimate of drug-likeness (QED) is 0.732. The molecule has 1 aromatic carbocycles. The SMILES string of the molecule is COc1ccc(F)cc1COC(=O)Cl. The molecule has 0 fully saturated rings. The van der Waals surface area contributed by atoms with Crippen molar-refractivity contribution in [1.29, 1.82) is 0 Å². The zero-order valence-corrected chi connectivity index (χ0v) is 8.18. The third-order valence-corrected chi connectivity index (χ3v) is 1.69. The van der Waals surface area contributed by atoms with Crippen molar-refractivity contribution in [3.8, 4) is 5.75 Å². The van der Waals surface area contributed by atoms with Crippen molar-refractivity contribution >= 4 is 17.0 Å². The molecule has 3 nitrogen and oxygen atoms in total. The Hall–Kier alpha value is -1.29. The van der Waals surface area contributed by atoms with Gasteiger partial charge in [0.25, 0.3) is 0 Å². The molecule has 1 rings (SSSR count). The van der Waals surface area contributed by atoms with Gasteiger partial charge in [-0.15, -0.1) is 0 Å². The van der Waals surface area contributed by atoms with Crippen molar-refractivity contribution in [3.63, 3.8) is 0 Å². The molecular formula is C9H8ClFO3. The number of methoxy groups -OCH3 is 1. The van der Waals surface area contributed by atoms with E-state index in [1.807, 2.05) is 0 Å². The number of hydrogen-bond donors (Lipinski definition) is 0. The van der Waals surface area contributed by atoms with Crippen molar-refractivity contribution in [2.24, 2.45) is 0 Å². The molecule has 76 valence electrons. The molecule has 0 amide bonds. The van der Waals surface area contributed by atoms with Crippen LogP contribution in [-0.2, 0) is 11.3 Å². The van der Waals surface area contributed by atoms with Crippen LogP contribution in [-0.4, -0.2) is 12.5 Å². The summed E-state index contributed by atoms with van der Waals surface area (Å²) in [6.45, 7) is -0.108. The molecule has 1 aromatic rings. The number of carbonyl (C=O) groups is 1. The first-order valence-corrected chi connectivity index (χ1v) is 4.16. The molecular weight excluding hydrogens is 211 g/mol. The van der Waals surface area contributed by atoms with E-state index in [2.05, 4.69) is 4.74 Å². The molecule has 0 bridgehead atoms. The van der Waals surface area contributed by atoms with Crippen molar-refractivity contribution in [2.75, 3.05) is 7.11 Å². The first-order chi connectivity index (χ1) is 6.63. The lowest BCUT2D eigenvalue weighted by atomic mass is 10.2. The van der Waals surface area contributed by atoms with Gasteiger partial charge in [0.05, 0.1) is 7.11 Å². The molecule has 0 aliphatic rings. The van der Waals surface area contributed by atoms with E-state index >= 15 is 0 Å². The van der Waals surface area contributed by atoms with E-state index in [0.717, 1.165) is 0 Å². The smallest absolute Gasteiger partial charge is 0.404 e. The van der Waals surface area contributed by atoms with Gasteiger partial charge in [-0.2, -0.15) is 0 Å². The number of halogens is 2. The van der Waals surface area contributed by atoms with E-state index in [-0.39, 0.29) is 6.61 Å². The number of carbonyl (C=O) groups excluding carboxylic acids is 1. The molecule has 0 aliphatic carbocycles. The second kappa shape index (κ2) is 4.81. The predicted molar refractivity (Wildman–Crippen MR) is 49.0 cm³/mol. The highest BCUT2D eigenvalue weighted by molar-refractivity contribution is 6.61. The minimum absolute atomic E-state index is 0.108. The first-order valence-electron chi connectivity index (χ1n) is 3.78. The van der Waals surface area contributed by atoms with E-state index < -0.39 is 11.2 Å². The van der Waals surface area contributed by atoms with E-state index in [1.54, 1.807) is 0 Å². The topological polar surface area (TPSA) is 35.5 Å². The highest BCUT2D eigenvalue weighted by Crippen LogP contribution is 2.20. The molecule has 0 saturated carbocycles. The Balaban J connectivity index is 2.82. The largest absolute Gasteiger partial charge is 0.496 e. The van der Waals surface area contributed by atoms with Crippen LogP contribution in [0.15, 0.2) is 18.2 Å². The van der Waals surface area contributed by atoms with Crippen LogP contribution in [0.5, 0.6) is 5.75 Å². The molecule has 0 heterocycles. The van der Waals surface area contributed by atoms with Crippen LogP contribution in [0.1, 0.15) is 5.56 Å². The summed E-state index contributed by atoms with van der Waals surface area (Å²) in [5.41, 5.74) is -0.502. The molecule has 5 heteroatoms. The van der Waals surface area contributed by atoms with Gasteiger partial charge in [0.1, 0.15) is 18.2 Å². The van der Waals surface area contributed by atoms with E-state index in [0.29, 0.717) is 11.3 Å². The lowest BCUT2D eigenvalue weighted by molar-refractivity contribution is 0.165. The second-order valence-corrected chi connectivity index (χ2v) is 2.79. The minimum atomic E-state index is -0.934. The number of hydrogen-bond acceptors (Lipinski definition) is 3. The molecule has 0 aliphatic heterocycles. The van der Waals surface area contributed by atoms with Crippen LogP contribution in [0.2, 0.25) is 0 Å². The summed E-state index contributed by atoms with van der Waals surface area (Å²) in [5, 5.41) is 0. The van der Waals surface area contributed by atoms with Gasteiger partial charge in [0.15, 0.2) is 0 Å². The lowest BCUT2D eigenvalue weighted by Gasteiger charge is -2.07. The Bertz CT molecular complexity index is 341. The molecule has 0 radical (unpaired) electrons. The maximum absolute atomic E-state index is 12.8. The summed E-state index contributed by atoms with van der Waals surface area (Å²) < 4.78 is 22.2. The van der Waals surface area contributed by atoms with Crippen molar-refractivity contribution in [3.05, 3.63) is 29.6 Å². The summed E-state index contributed by atoms with van der Waals surface area (Å²) >= 11 is 4.97. The van der Waals surface area contributed by atoms with Gasteiger partial charge in [-0.05, 0) is 18.2 Å². The van der Waals surface area contributed by atoms with Gasteiger partial charge in [0.2, 0.25) is 0 Å². The highest BCUT2D eigenvalue weighted by Gasteiger charge is 2.06. The summed E-state index contributed by atoms with van der Waals surface area (Å²) in [5.74, 6) is 0.0238. The maximum Gasteiger partial charge on any atom is 0.404 e. The van der Waals surface area contributed by atoms with Crippen molar-refractivity contribution in [2.45, 2.75) is 6.61 Å². The Labute approximate surface area is 85.4 Å². The predicted octanol–water partition coefficient (Wildman–Crippen LogP) is 2.71. The van der Waals surface area contributed by atoms with Crippen molar-refractivity contribution in [1.82, 2.24) is 0 Å². The Morgan fingerprint density at radius 1 is 1.57 bits per heavy atom.